The normalized spacial score (nSPS) is 21.1. The molecule has 2 aromatic heterocycles. The van der Waals surface area contributed by atoms with Crippen molar-refractivity contribution in [3.8, 4) is 0 Å². The van der Waals surface area contributed by atoms with Crippen molar-refractivity contribution < 1.29 is 9.26 Å². The van der Waals surface area contributed by atoms with Crippen LogP contribution in [0.3, 0.4) is 0 Å². The highest BCUT2D eigenvalue weighted by molar-refractivity contribution is 5.80. The maximum Gasteiger partial charge on any atom is 0.194 e. The molecular formula is C21H31N7O2. The van der Waals surface area contributed by atoms with Gasteiger partial charge in [0.1, 0.15) is 12.1 Å². The minimum Gasteiger partial charge on any atom is -0.375 e. The Morgan fingerprint density at radius 2 is 2.07 bits per heavy atom. The van der Waals surface area contributed by atoms with Crippen LogP contribution in [-0.2, 0) is 17.8 Å². The topological polar surface area (TPSA) is 82.3 Å². The van der Waals surface area contributed by atoms with Gasteiger partial charge in [-0.25, -0.2) is 4.98 Å². The smallest absolute Gasteiger partial charge is 0.194 e. The van der Waals surface area contributed by atoms with Gasteiger partial charge in [0, 0.05) is 71.7 Å². The Morgan fingerprint density at radius 1 is 1.20 bits per heavy atom. The third-order valence-corrected chi connectivity index (χ3v) is 5.59. The number of pyridine rings is 1. The number of hydrogen-bond acceptors (Lipinski definition) is 7. The number of nitrogens with zero attached hydrogens (tertiary/aromatic N) is 6. The van der Waals surface area contributed by atoms with E-state index >= 15 is 0 Å². The summed E-state index contributed by atoms with van der Waals surface area (Å²) in [5, 5.41) is 7.48. The minimum absolute atomic E-state index is 0.252. The number of morpholine rings is 1. The van der Waals surface area contributed by atoms with Gasteiger partial charge in [0.25, 0.3) is 0 Å². The lowest BCUT2D eigenvalue weighted by atomic mass is 10.2. The summed E-state index contributed by atoms with van der Waals surface area (Å²) in [6, 6.07) is 6.16. The number of guanidine groups is 1. The van der Waals surface area contributed by atoms with Crippen LogP contribution in [-0.4, -0.2) is 84.9 Å². The van der Waals surface area contributed by atoms with E-state index in [-0.39, 0.29) is 6.10 Å². The number of hydrogen-bond donors (Lipinski definition) is 1. The zero-order valence-electron chi connectivity index (χ0n) is 17.8. The van der Waals surface area contributed by atoms with Crippen LogP contribution in [0, 0.1) is 0 Å². The molecule has 0 amide bonds. The Hall–Kier alpha value is -2.65. The van der Waals surface area contributed by atoms with Crippen LogP contribution in [0.25, 0.3) is 0 Å². The van der Waals surface area contributed by atoms with Crippen LogP contribution in [0.5, 0.6) is 0 Å². The van der Waals surface area contributed by atoms with Crippen molar-refractivity contribution in [2.24, 2.45) is 4.99 Å². The summed E-state index contributed by atoms with van der Waals surface area (Å²) in [6.45, 7) is 10.00. The van der Waals surface area contributed by atoms with Gasteiger partial charge in [-0.3, -0.25) is 9.89 Å². The van der Waals surface area contributed by atoms with Gasteiger partial charge in [0.05, 0.1) is 18.4 Å². The third kappa shape index (κ3) is 5.28. The highest BCUT2D eigenvalue weighted by Gasteiger charge is 2.21. The molecule has 0 aliphatic carbocycles. The van der Waals surface area contributed by atoms with Gasteiger partial charge in [-0.2, -0.15) is 0 Å². The number of nitrogens with one attached hydrogen (secondary N) is 1. The molecule has 9 heteroatoms. The first-order chi connectivity index (χ1) is 14.7. The summed E-state index contributed by atoms with van der Waals surface area (Å²) >= 11 is 0. The first-order valence-electron chi connectivity index (χ1n) is 10.6. The van der Waals surface area contributed by atoms with Crippen molar-refractivity contribution in [1.29, 1.82) is 0 Å². The molecule has 2 aliphatic rings. The first kappa shape index (κ1) is 20.6. The molecule has 2 aliphatic heterocycles. The van der Waals surface area contributed by atoms with E-state index in [2.05, 4.69) is 54.2 Å². The quantitative estimate of drug-likeness (QED) is 0.578. The van der Waals surface area contributed by atoms with Crippen molar-refractivity contribution in [2.75, 3.05) is 57.8 Å². The largest absolute Gasteiger partial charge is 0.375 e. The fourth-order valence-electron chi connectivity index (χ4n) is 3.91. The van der Waals surface area contributed by atoms with Crippen LogP contribution in [0.4, 0.5) is 5.82 Å². The lowest BCUT2D eigenvalue weighted by Gasteiger charge is -2.36. The molecule has 0 aromatic carbocycles. The monoisotopic (exact) mass is 413 g/mol. The Bertz CT molecular complexity index is 801. The van der Waals surface area contributed by atoms with Gasteiger partial charge in [-0.1, -0.05) is 11.2 Å². The molecule has 9 nitrogen and oxygen atoms in total. The maximum atomic E-state index is 5.61. The molecule has 2 aromatic rings. The van der Waals surface area contributed by atoms with Gasteiger partial charge in [-0.05, 0) is 18.6 Å². The SMILES string of the molecule is CN=C(NCc1ccc(N2CCOC(C)C2)nc1)N1CCN(Cc2ccon2)CC1. The Kier molecular flexibility index (Phi) is 6.81. The van der Waals surface area contributed by atoms with E-state index in [4.69, 9.17) is 9.26 Å². The lowest BCUT2D eigenvalue weighted by molar-refractivity contribution is 0.0529. The standard InChI is InChI=1S/C21H31N7O2/c1-17-15-28(10-12-29-17)20-4-3-18(13-23-20)14-24-21(22-2)27-8-6-26(7-9-27)16-19-5-11-30-25-19/h3-5,11,13,17H,6-10,12,14-16H2,1-2H3,(H,22,24). The Labute approximate surface area is 177 Å². The zero-order valence-corrected chi connectivity index (χ0v) is 17.8. The van der Waals surface area contributed by atoms with Crippen LogP contribution >= 0.6 is 0 Å². The van der Waals surface area contributed by atoms with E-state index < -0.39 is 0 Å². The van der Waals surface area contributed by atoms with Gasteiger partial charge >= 0.3 is 0 Å². The van der Waals surface area contributed by atoms with Crippen molar-refractivity contribution in [3.05, 3.63) is 41.9 Å². The van der Waals surface area contributed by atoms with Crippen LogP contribution < -0.4 is 10.2 Å². The van der Waals surface area contributed by atoms with Gasteiger partial charge < -0.3 is 24.4 Å². The van der Waals surface area contributed by atoms with Crippen LogP contribution in [0.1, 0.15) is 18.2 Å². The zero-order chi connectivity index (χ0) is 20.8. The summed E-state index contributed by atoms with van der Waals surface area (Å²) in [5.41, 5.74) is 2.12. The van der Waals surface area contributed by atoms with Gasteiger partial charge in [0.15, 0.2) is 5.96 Å². The molecule has 30 heavy (non-hydrogen) atoms. The maximum absolute atomic E-state index is 5.61. The second kappa shape index (κ2) is 9.90. The van der Waals surface area contributed by atoms with E-state index in [0.29, 0.717) is 6.54 Å². The molecule has 4 heterocycles. The number of anilines is 1. The number of aromatic nitrogens is 2. The Balaban J connectivity index is 1.24. The highest BCUT2D eigenvalue weighted by Crippen LogP contribution is 2.15. The number of aliphatic imine (C=N–C) groups is 1. The highest BCUT2D eigenvalue weighted by atomic mass is 16.5. The molecule has 4 rings (SSSR count). The minimum atomic E-state index is 0.252. The molecule has 0 saturated carbocycles. The molecular weight excluding hydrogens is 382 g/mol. The van der Waals surface area contributed by atoms with Crippen molar-refractivity contribution in [1.82, 2.24) is 25.3 Å². The van der Waals surface area contributed by atoms with Crippen LogP contribution in [0.2, 0.25) is 0 Å². The van der Waals surface area contributed by atoms with E-state index in [9.17, 15) is 0 Å². The molecule has 0 bridgehead atoms. The summed E-state index contributed by atoms with van der Waals surface area (Å²) in [6.07, 6.45) is 3.83. The second-order valence-electron chi connectivity index (χ2n) is 7.81. The predicted octanol–water partition coefficient (Wildman–Crippen LogP) is 1.19. The second-order valence-corrected chi connectivity index (χ2v) is 7.81. The van der Waals surface area contributed by atoms with Crippen molar-refractivity contribution in [3.63, 3.8) is 0 Å². The van der Waals surface area contributed by atoms with Crippen LogP contribution in [0.15, 0.2) is 40.2 Å². The molecule has 162 valence electrons. The summed E-state index contributed by atoms with van der Waals surface area (Å²) < 4.78 is 10.5. The lowest BCUT2D eigenvalue weighted by Crippen LogP contribution is -2.52. The third-order valence-electron chi connectivity index (χ3n) is 5.59. The predicted molar refractivity (Wildman–Crippen MR) is 115 cm³/mol. The molecule has 2 fully saturated rings. The number of rotatable bonds is 5. The molecule has 1 atom stereocenters. The van der Waals surface area contributed by atoms with E-state index in [0.717, 1.165) is 75.5 Å². The fourth-order valence-corrected chi connectivity index (χ4v) is 3.91. The molecule has 2 saturated heterocycles. The molecule has 0 spiro atoms. The fraction of sp³-hybridized carbons (Fsp3) is 0.571. The Morgan fingerprint density at radius 3 is 2.73 bits per heavy atom. The van der Waals surface area contributed by atoms with Crippen molar-refractivity contribution in [2.45, 2.75) is 26.1 Å². The molecule has 1 unspecified atom stereocenters. The summed E-state index contributed by atoms with van der Waals surface area (Å²) in [7, 11) is 1.84. The number of piperazine rings is 1. The van der Waals surface area contributed by atoms with E-state index in [1.54, 1.807) is 6.26 Å². The summed E-state index contributed by atoms with van der Waals surface area (Å²) in [4.78, 5) is 16.1. The summed E-state index contributed by atoms with van der Waals surface area (Å²) in [5.74, 6) is 1.95. The van der Waals surface area contributed by atoms with E-state index in [1.807, 2.05) is 19.3 Å². The average Bonchev–Trinajstić information content (AvgIpc) is 3.29. The average molecular weight is 414 g/mol. The number of ether oxygens (including phenoxy) is 1. The van der Waals surface area contributed by atoms with Gasteiger partial charge in [0.2, 0.25) is 0 Å². The van der Waals surface area contributed by atoms with Gasteiger partial charge in [-0.15, -0.1) is 0 Å². The van der Waals surface area contributed by atoms with E-state index in [1.165, 1.54) is 0 Å². The molecule has 0 radical (unpaired) electrons. The van der Waals surface area contributed by atoms with Crippen molar-refractivity contribution >= 4 is 11.8 Å². The molecule has 1 N–H and O–H groups in total. The first-order valence-corrected chi connectivity index (χ1v) is 10.6.